The first-order valence-corrected chi connectivity index (χ1v) is 5.15. The van der Waals surface area contributed by atoms with Crippen LogP contribution in [0.25, 0.3) is 0 Å². The van der Waals surface area contributed by atoms with Gasteiger partial charge in [-0.15, -0.1) is 0 Å². The zero-order chi connectivity index (χ0) is 11.6. The van der Waals surface area contributed by atoms with Gasteiger partial charge in [-0.05, 0) is 12.8 Å². The van der Waals surface area contributed by atoms with Crippen LogP contribution in [0, 0.1) is 5.92 Å². The van der Waals surface area contributed by atoms with Gasteiger partial charge in [-0.25, -0.2) is 4.79 Å². The second-order valence-corrected chi connectivity index (χ2v) is 4.60. The highest BCUT2D eigenvalue weighted by molar-refractivity contribution is 5.78. The monoisotopic (exact) mass is 216 g/mol. The molecule has 0 aromatic rings. The summed E-state index contributed by atoms with van der Waals surface area (Å²) in [5.41, 5.74) is 4.41. The number of nitrogens with zero attached hydrogens (tertiary/aromatic N) is 1. The van der Waals surface area contributed by atoms with Crippen LogP contribution in [-0.4, -0.2) is 54.4 Å². The van der Waals surface area contributed by atoms with Crippen molar-refractivity contribution in [3.05, 3.63) is 0 Å². The van der Waals surface area contributed by atoms with E-state index in [4.69, 9.17) is 5.73 Å². The van der Waals surface area contributed by atoms with Crippen molar-refractivity contribution in [2.45, 2.75) is 25.5 Å². The maximum Gasteiger partial charge on any atom is 0.338 e. The third-order valence-corrected chi connectivity index (χ3v) is 2.90. The Bertz CT molecular complexity index is 233. The molecule has 0 aromatic heterocycles. The van der Waals surface area contributed by atoms with E-state index >= 15 is 0 Å². The molecule has 0 aliphatic carbocycles. The van der Waals surface area contributed by atoms with E-state index in [-0.39, 0.29) is 12.6 Å². The molecule has 0 saturated carbocycles. The van der Waals surface area contributed by atoms with Gasteiger partial charge >= 0.3 is 5.97 Å². The quantitative estimate of drug-likeness (QED) is 0.603. The number of carbonyl (C=O) groups is 1. The number of carbonyl (C=O) groups excluding carboxylic acids is 1. The fourth-order valence-electron chi connectivity index (χ4n) is 1.94. The lowest BCUT2D eigenvalue weighted by atomic mass is 10.1. The minimum atomic E-state index is -1.45. The Kier molecular flexibility index (Phi) is 3.70. The molecular weight excluding hydrogens is 196 g/mol. The van der Waals surface area contributed by atoms with Crippen LogP contribution in [0.4, 0.5) is 0 Å². The Hall–Kier alpha value is -0.650. The molecule has 1 aliphatic heterocycles. The van der Waals surface area contributed by atoms with Gasteiger partial charge in [0.15, 0.2) is 5.60 Å². The van der Waals surface area contributed by atoms with E-state index in [0.29, 0.717) is 12.5 Å². The van der Waals surface area contributed by atoms with Crippen molar-refractivity contribution in [2.24, 2.45) is 11.7 Å². The molecule has 0 spiro atoms. The number of methoxy groups -OCH3 is 1. The Morgan fingerprint density at radius 1 is 1.67 bits per heavy atom. The van der Waals surface area contributed by atoms with Gasteiger partial charge in [0.25, 0.3) is 0 Å². The molecule has 15 heavy (non-hydrogen) atoms. The molecule has 1 aliphatic rings. The van der Waals surface area contributed by atoms with Gasteiger partial charge in [-0.3, -0.25) is 4.90 Å². The molecule has 5 nitrogen and oxygen atoms in total. The van der Waals surface area contributed by atoms with Gasteiger partial charge in [0.1, 0.15) is 0 Å². The smallest absolute Gasteiger partial charge is 0.338 e. The van der Waals surface area contributed by atoms with Crippen molar-refractivity contribution in [1.82, 2.24) is 4.90 Å². The lowest BCUT2D eigenvalue weighted by Crippen LogP contribution is -2.47. The molecule has 3 unspecified atom stereocenters. The third-order valence-electron chi connectivity index (χ3n) is 2.90. The maximum absolute atomic E-state index is 11.3. The van der Waals surface area contributed by atoms with E-state index < -0.39 is 11.6 Å². The largest absolute Gasteiger partial charge is 0.467 e. The molecule has 3 N–H and O–H groups in total. The summed E-state index contributed by atoms with van der Waals surface area (Å²) in [6.07, 6.45) is 0. The number of rotatable bonds is 3. The zero-order valence-corrected chi connectivity index (χ0v) is 9.56. The van der Waals surface area contributed by atoms with Crippen LogP contribution in [0.5, 0.6) is 0 Å². The number of hydrogen-bond donors (Lipinski definition) is 2. The van der Waals surface area contributed by atoms with Crippen molar-refractivity contribution in [1.29, 1.82) is 0 Å². The summed E-state index contributed by atoms with van der Waals surface area (Å²) in [5.74, 6) is -0.200. The topological polar surface area (TPSA) is 75.8 Å². The summed E-state index contributed by atoms with van der Waals surface area (Å²) in [7, 11) is 1.27. The average molecular weight is 216 g/mol. The third kappa shape index (κ3) is 2.90. The van der Waals surface area contributed by atoms with Crippen LogP contribution < -0.4 is 5.73 Å². The molecule has 0 amide bonds. The van der Waals surface area contributed by atoms with Gasteiger partial charge in [0, 0.05) is 25.7 Å². The molecule has 0 bridgehead atoms. The van der Waals surface area contributed by atoms with Crippen LogP contribution in [-0.2, 0) is 9.53 Å². The van der Waals surface area contributed by atoms with Crippen molar-refractivity contribution in [3.8, 4) is 0 Å². The zero-order valence-electron chi connectivity index (χ0n) is 9.56. The van der Waals surface area contributed by atoms with E-state index in [1.807, 2.05) is 4.90 Å². The molecule has 1 saturated heterocycles. The summed E-state index contributed by atoms with van der Waals surface area (Å²) < 4.78 is 4.53. The van der Waals surface area contributed by atoms with Crippen LogP contribution >= 0.6 is 0 Å². The highest BCUT2D eigenvalue weighted by Gasteiger charge is 2.37. The van der Waals surface area contributed by atoms with Crippen molar-refractivity contribution in [3.63, 3.8) is 0 Å². The molecule has 88 valence electrons. The van der Waals surface area contributed by atoms with Gasteiger partial charge in [0.2, 0.25) is 0 Å². The Morgan fingerprint density at radius 2 is 2.27 bits per heavy atom. The highest BCUT2D eigenvalue weighted by Crippen LogP contribution is 2.18. The Labute approximate surface area is 90.2 Å². The summed E-state index contributed by atoms with van der Waals surface area (Å²) in [4.78, 5) is 13.2. The average Bonchev–Trinajstić information content (AvgIpc) is 2.43. The van der Waals surface area contributed by atoms with Crippen molar-refractivity contribution in [2.75, 3.05) is 26.7 Å². The number of hydrogen-bond acceptors (Lipinski definition) is 5. The molecular formula is C10H20N2O3. The predicted octanol–water partition coefficient (Wildman–Crippen LogP) is -0.811. The molecule has 3 atom stereocenters. The molecule has 1 fully saturated rings. The number of nitrogens with two attached hydrogens (primary N) is 1. The van der Waals surface area contributed by atoms with Crippen LogP contribution in [0.3, 0.4) is 0 Å². The van der Waals surface area contributed by atoms with Crippen LogP contribution in [0.2, 0.25) is 0 Å². The highest BCUT2D eigenvalue weighted by atomic mass is 16.5. The van der Waals surface area contributed by atoms with E-state index in [0.717, 1.165) is 6.54 Å². The number of ether oxygens (including phenoxy) is 1. The molecule has 1 rings (SSSR count). The molecule has 0 radical (unpaired) electrons. The van der Waals surface area contributed by atoms with Crippen LogP contribution in [0.1, 0.15) is 13.8 Å². The Balaban J connectivity index is 2.52. The van der Waals surface area contributed by atoms with E-state index in [2.05, 4.69) is 11.7 Å². The number of likely N-dealkylation sites (tertiary alicyclic amines) is 1. The molecule has 0 aromatic carbocycles. The normalized spacial score (nSPS) is 31.3. The second kappa shape index (κ2) is 4.47. The molecule has 5 heteroatoms. The maximum atomic E-state index is 11.3. The fraction of sp³-hybridized carbons (Fsp3) is 0.900. The van der Waals surface area contributed by atoms with Gasteiger partial charge in [0.05, 0.1) is 7.11 Å². The van der Waals surface area contributed by atoms with E-state index in [1.54, 1.807) is 0 Å². The first kappa shape index (κ1) is 12.4. The van der Waals surface area contributed by atoms with Gasteiger partial charge in [-0.1, -0.05) is 6.92 Å². The lowest BCUT2D eigenvalue weighted by molar-refractivity contribution is -0.162. The van der Waals surface area contributed by atoms with Crippen molar-refractivity contribution >= 4 is 5.97 Å². The van der Waals surface area contributed by atoms with Crippen LogP contribution in [0.15, 0.2) is 0 Å². The summed E-state index contributed by atoms with van der Waals surface area (Å²) in [6, 6.07) is 0.124. The number of esters is 1. The first-order valence-electron chi connectivity index (χ1n) is 5.15. The predicted molar refractivity (Wildman–Crippen MR) is 56.2 cm³/mol. The summed E-state index contributed by atoms with van der Waals surface area (Å²) >= 11 is 0. The molecule has 1 heterocycles. The SMILES string of the molecule is COC(=O)C(C)(O)CN1CC(C)C(N)C1. The van der Waals surface area contributed by atoms with Gasteiger partial charge < -0.3 is 15.6 Å². The standard InChI is InChI=1S/C10H20N2O3/c1-7-4-12(5-8(7)11)6-10(2,14)9(13)15-3/h7-8,14H,4-6,11H2,1-3H3. The first-order chi connectivity index (χ1) is 6.86. The Morgan fingerprint density at radius 3 is 2.67 bits per heavy atom. The number of β-amino-alcohol motifs (C(OH)–C–C–N with tert-alkyl or cyclic N) is 1. The van der Waals surface area contributed by atoms with Gasteiger partial charge in [-0.2, -0.15) is 0 Å². The van der Waals surface area contributed by atoms with E-state index in [1.165, 1.54) is 14.0 Å². The minimum absolute atomic E-state index is 0.124. The fourth-order valence-corrected chi connectivity index (χ4v) is 1.94. The number of aliphatic hydroxyl groups is 1. The summed E-state index contributed by atoms with van der Waals surface area (Å²) in [6.45, 7) is 5.34. The second-order valence-electron chi connectivity index (χ2n) is 4.60. The van der Waals surface area contributed by atoms with Crippen molar-refractivity contribution < 1.29 is 14.6 Å². The summed E-state index contributed by atoms with van der Waals surface area (Å²) in [5, 5.41) is 9.86. The minimum Gasteiger partial charge on any atom is -0.467 e. The lowest BCUT2D eigenvalue weighted by Gasteiger charge is -2.26. The van der Waals surface area contributed by atoms with E-state index in [9.17, 15) is 9.90 Å².